The molecule has 0 radical (unpaired) electrons. The van der Waals surface area contributed by atoms with Gasteiger partial charge >= 0.3 is 0 Å². The molecule has 2 aromatic carbocycles. The fourth-order valence-electron chi connectivity index (χ4n) is 3.63. The van der Waals surface area contributed by atoms with Crippen LogP contribution in [0.15, 0.2) is 51.8 Å². The molecule has 10 heteroatoms. The molecule has 35 heavy (non-hydrogen) atoms. The SMILES string of the molecule is CC(C)CCOc1ccc(Br)cc1C(=O)NC(=S)Nc1ccc(S(=O)(=O)N2CCC(C)CC2)cc1. The number of nitrogens with zero attached hydrogens (tertiary/aromatic N) is 1. The molecule has 0 aliphatic carbocycles. The van der Waals surface area contributed by atoms with Gasteiger partial charge < -0.3 is 10.1 Å². The van der Waals surface area contributed by atoms with Crippen molar-refractivity contribution in [2.75, 3.05) is 25.0 Å². The zero-order valence-electron chi connectivity index (χ0n) is 20.2. The summed E-state index contributed by atoms with van der Waals surface area (Å²) in [5, 5.41) is 5.70. The van der Waals surface area contributed by atoms with Crippen LogP contribution in [0.4, 0.5) is 5.69 Å². The van der Waals surface area contributed by atoms with E-state index < -0.39 is 15.9 Å². The topological polar surface area (TPSA) is 87.7 Å². The summed E-state index contributed by atoms with van der Waals surface area (Å²) in [6.07, 6.45) is 2.62. The largest absolute Gasteiger partial charge is 0.493 e. The fraction of sp³-hybridized carbons (Fsp3) is 0.440. The van der Waals surface area contributed by atoms with Crippen LogP contribution in [0.3, 0.4) is 0 Å². The van der Waals surface area contributed by atoms with Crippen molar-refractivity contribution in [2.24, 2.45) is 11.8 Å². The molecule has 0 bridgehead atoms. The van der Waals surface area contributed by atoms with Crippen LogP contribution in [-0.4, -0.2) is 43.4 Å². The molecule has 3 rings (SSSR count). The van der Waals surface area contributed by atoms with Gasteiger partial charge in [0.15, 0.2) is 5.11 Å². The summed E-state index contributed by atoms with van der Waals surface area (Å²) in [6.45, 7) is 7.95. The molecule has 0 atom stereocenters. The Balaban J connectivity index is 1.62. The van der Waals surface area contributed by atoms with Crippen molar-refractivity contribution in [1.82, 2.24) is 9.62 Å². The second kappa shape index (κ2) is 12.3. The summed E-state index contributed by atoms with van der Waals surface area (Å²) >= 11 is 8.70. The second-order valence-corrected chi connectivity index (χ2v) is 12.5. The molecule has 2 aromatic rings. The zero-order chi connectivity index (χ0) is 25.6. The number of carbonyl (C=O) groups is 1. The molecule has 7 nitrogen and oxygen atoms in total. The molecule has 1 amide bonds. The Morgan fingerprint density at radius 2 is 1.83 bits per heavy atom. The van der Waals surface area contributed by atoms with Crippen molar-refractivity contribution < 1.29 is 17.9 Å². The van der Waals surface area contributed by atoms with Gasteiger partial charge in [-0.2, -0.15) is 4.31 Å². The summed E-state index contributed by atoms with van der Waals surface area (Å²) in [4.78, 5) is 13.1. The molecular formula is C25H32BrN3O4S2. The maximum atomic E-state index is 12.9. The van der Waals surface area contributed by atoms with Crippen LogP contribution in [0.25, 0.3) is 0 Å². The highest BCUT2D eigenvalue weighted by atomic mass is 79.9. The monoisotopic (exact) mass is 581 g/mol. The lowest BCUT2D eigenvalue weighted by atomic mass is 10.0. The Morgan fingerprint density at radius 1 is 1.17 bits per heavy atom. The van der Waals surface area contributed by atoms with E-state index in [1.165, 1.54) is 0 Å². The number of halogens is 1. The lowest BCUT2D eigenvalue weighted by molar-refractivity contribution is 0.0973. The number of anilines is 1. The molecule has 1 aliphatic heterocycles. The third kappa shape index (κ3) is 7.73. The maximum absolute atomic E-state index is 12.9. The Morgan fingerprint density at radius 3 is 2.46 bits per heavy atom. The van der Waals surface area contributed by atoms with Crippen LogP contribution >= 0.6 is 28.1 Å². The van der Waals surface area contributed by atoms with E-state index in [1.807, 2.05) is 6.07 Å². The predicted octanol–water partition coefficient (Wildman–Crippen LogP) is 5.42. The van der Waals surface area contributed by atoms with Crippen molar-refractivity contribution in [1.29, 1.82) is 0 Å². The van der Waals surface area contributed by atoms with Gasteiger partial charge in [-0.25, -0.2) is 8.42 Å². The highest BCUT2D eigenvalue weighted by Gasteiger charge is 2.28. The average molecular weight is 583 g/mol. The first-order valence-corrected chi connectivity index (χ1v) is 14.4. The van der Waals surface area contributed by atoms with Crippen LogP contribution in [0.1, 0.15) is 50.4 Å². The van der Waals surface area contributed by atoms with Crippen LogP contribution in [0.5, 0.6) is 5.75 Å². The van der Waals surface area contributed by atoms with E-state index in [0.29, 0.717) is 48.5 Å². The molecule has 0 saturated carbocycles. The molecule has 2 N–H and O–H groups in total. The number of sulfonamides is 1. The Labute approximate surface area is 221 Å². The molecule has 1 heterocycles. The van der Waals surface area contributed by atoms with Gasteiger partial charge in [-0.15, -0.1) is 0 Å². The van der Waals surface area contributed by atoms with Crippen molar-refractivity contribution >= 4 is 54.9 Å². The summed E-state index contributed by atoms with van der Waals surface area (Å²) in [7, 11) is -3.52. The average Bonchev–Trinajstić information content (AvgIpc) is 2.80. The molecule has 1 aliphatic rings. The minimum Gasteiger partial charge on any atom is -0.493 e. The van der Waals surface area contributed by atoms with Crippen LogP contribution < -0.4 is 15.4 Å². The lowest BCUT2D eigenvalue weighted by Gasteiger charge is -2.29. The lowest BCUT2D eigenvalue weighted by Crippen LogP contribution is -2.37. The summed E-state index contributed by atoms with van der Waals surface area (Å²) in [5.74, 6) is 1.12. The number of nitrogens with one attached hydrogen (secondary N) is 2. The highest BCUT2D eigenvalue weighted by molar-refractivity contribution is 9.10. The second-order valence-electron chi connectivity index (χ2n) is 9.19. The molecular weight excluding hydrogens is 550 g/mol. The quantitative estimate of drug-likeness (QED) is 0.405. The first kappa shape index (κ1) is 27.6. The molecule has 1 fully saturated rings. The van der Waals surface area contributed by atoms with Crippen LogP contribution in [-0.2, 0) is 10.0 Å². The van der Waals surface area contributed by atoms with E-state index in [0.717, 1.165) is 23.7 Å². The normalized spacial score (nSPS) is 15.1. The number of hydrogen-bond donors (Lipinski definition) is 2. The number of carbonyl (C=O) groups excluding carboxylic acids is 1. The fourth-order valence-corrected chi connectivity index (χ4v) is 5.67. The highest BCUT2D eigenvalue weighted by Crippen LogP contribution is 2.25. The number of thiocarbonyl (C=S) groups is 1. The zero-order valence-corrected chi connectivity index (χ0v) is 23.4. The van der Waals surface area contributed by atoms with E-state index >= 15 is 0 Å². The maximum Gasteiger partial charge on any atom is 0.261 e. The Bertz CT molecular complexity index is 1150. The summed E-state index contributed by atoms with van der Waals surface area (Å²) in [6, 6.07) is 11.6. The van der Waals surface area contributed by atoms with Gasteiger partial charge in [0.25, 0.3) is 5.91 Å². The van der Waals surface area contributed by atoms with Crippen molar-refractivity contribution in [3.8, 4) is 5.75 Å². The number of rotatable bonds is 8. The van der Waals surface area contributed by atoms with Crippen molar-refractivity contribution in [2.45, 2.75) is 44.9 Å². The minimum atomic E-state index is -3.52. The first-order chi connectivity index (χ1) is 16.6. The third-order valence-corrected chi connectivity index (χ3v) is 8.47. The number of hydrogen-bond acceptors (Lipinski definition) is 5. The van der Waals surface area contributed by atoms with Gasteiger partial charge in [-0.3, -0.25) is 10.1 Å². The standard InChI is InChI=1S/C25H32BrN3O4S2/c1-17(2)12-15-33-23-9-4-19(26)16-22(23)24(30)28-25(34)27-20-5-7-21(8-6-20)35(31,32)29-13-10-18(3)11-14-29/h4-9,16-18H,10-15H2,1-3H3,(H2,27,28,30,34). The molecule has 0 aromatic heterocycles. The van der Waals surface area contributed by atoms with E-state index in [1.54, 1.807) is 40.7 Å². The van der Waals surface area contributed by atoms with Gasteiger partial charge in [0.2, 0.25) is 10.0 Å². The Hall–Kier alpha value is -2.01. The number of ether oxygens (including phenoxy) is 1. The molecule has 190 valence electrons. The summed E-state index contributed by atoms with van der Waals surface area (Å²) < 4.78 is 33.9. The minimum absolute atomic E-state index is 0.101. The Kier molecular flexibility index (Phi) is 9.69. The van der Waals surface area contributed by atoms with Gasteiger partial charge in [0.1, 0.15) is 5.75 Å². The third-order valence-electron chi connectivity index (χ3n) is 5.86. The number of piperidine rings is 1. The van der Waals surface area contributed by atoms with Crippen molar-refractivity contribution in [3.05, 3.63) is 52.5 Å². The summed E-state index contributed by atoms with van der Waals surface area (Å²) in [5.41, 5.74) is 0.939. The van der Waals surface area contributed by atoms with Gasteiger partial charge in [0.05, 0.1) is 17.1 Å². The van der Waals surface area contributed by atoms with Gasteiger partial charge in [-0.05, 0) is 85.8 Å². The first-order valence-electron chi connectivity index (χ1n) is 11.7. The van der Waals surface area contributed by atoms with E-state index in [2.05, 4.69) is 47.3 Å². The van der Waals surface area contributed by atoms with Gasteiger partial charge in [0, 0.05) is 23.2 Å². The van der Waals surface area contributed by atoms with E-state index in [-0.39, 0.29) is 10.0 Å². The predicted molar refractivity (Wildman–Crippen MR) is 146 cm³/mol. The number of amides is 1. The molecule has 1 saturated heterocycles. The van der Waals surface area contributed by atoms with E-state index in [4.69, 9.17) is 17.0 Å². The van der Waals surface area contributed by atoms with Crippen LogP contribution in [0.2, 0.25) is 0 Å². The molecule has 0 unspecified atom stereocenters. The van der Waals surface area contributed by atoms with E-state index in [9.17, 15) is 13.2 Å². The molecule has 0 spiro atoms. The number of benzene rings is 2. The van der Waals surface area contributed by atoms with Crippen molar-refractivity contribution in [3.63, 3.8) is 0 Å². The smallest absolute Gasteiger partial charge is 0.261 e. The van der Waals surface area contributed by atoms with Gasteiger partial charge in [-0.1, -0.05) is 36.7 Å². The van der Waals surface area contributed by atoms with Crippen LogP contribution in [0, 0.1) is 11.8 Å².